The predicted molar refractivity (Wildman–Crippen MR) is 107 cm³/mol. The van der Waals surface area contributed by atoms with Crippen LogP contribution in [0.15, 0.2) is 46.9 Å². The summed E-state index contributed by atoms with van der Waals surface area (Å²) >= 11 is 9.41. The zero-order valence-electron chi connectivity index (χ0n) is 14.5. The smallest absolute Gasteiger partial charge is 0.258 e. The van der Waals surface area contributed by atoms with Gasteiger partial charge in [0.1, 0.15) is 5.75 Å². The second-order valence-corrected chi connectivity index (χ2v) is 7.76. The number of amides is 1. The predicted octanol–water partition coefficient (Wildman–Crippen LogP) is 4.39. The van der Waals surface area contributed by atoms with Crippen LogP contribution < -0.4 is 10.1 Å². The van der Waals surface area contributed by atoms with Crippen molar-refractivity contribution in [2.75, 3.05) is 19.7 Å². The van der Waals surface area contributed by atoms with Crippen molar-refractivity contribution in [3.05, 3.63) is 63.1 Å². The first-order valence-electron chi connectivity index (χ1n) is 8.75. The van der Waals surface area contributed by atoms with Crippen LogP contribution >= 0.6 is 27.5 Å². The van der Waals surface area contributed by atoms with Crippen molar-refractivity contribution in [3.8, 4) is 5.75 Å². The molecule has 2 aromatic rings. The van der Waals surface area contributed by atoms with E-state index in [0.717, 1.165) is 16.6 Å². The highest BCUT2D eigenvalue weighted by Gasteiger charge is 2.11. The third kappa shape index (κ3) is 5.73. The molecule has 1 heterocycles. The molecule has 0 saturated carbocycles. The Balaban J connectivity index is 1.42. The van der Waals surface area contributed by atoms with Crippen LogP contribution in [0.5, 0.6) is 5.75 Å². The second kappa shape index (κ2) is 9.40. The Bertz CT molecular complexity index is 746. The van der Waals surface area contributed by atoms with E-state index in [1.807, 2.05) is 6.07 Å². The molecule has 0 atom stereocenters. The average molecular weight is 438 g/mol. The topological polar surface area (TPSA) is 41.6 Å². The number of likely N-dealkylation sites (tertiary alicyclic amines) is 1. The average Bonchev–Trinajstić information content (AvgIpc) is 3.13. The van der Waals surface area contributed by atoms with E-state index in [2.05, 4.69) is 50.4 Å². The molecule has 0 bridgehead atoms. The SMILES string of the molecule is O=C(COc1ccc(Br)cc1Cl)NCc1ccc(CN2CCCC2)cc1. The van der Waals surface area contributed by atoms with Crippen LogP contribution in [0.2, 0.25) is 5.02 Å². The zero-order valence-corrected chi connectivity index (χ0v) is 16.9. The summed E-state index contributed by atoms with van der Waals surface area (Å²) < 4.78 is 6.33. The van der Waals surface area contributed by atoms with E-state index in [9.17, 15) is 4.79 Å². The summed E-state index contributed by atoms with van der Waals surface area (Å²) in [4.78, 5) is 14.4. The number of nitrogens with one attached hydrogen (secondary N) is 1. The summed E-state index contributed by atoms with van der Waals surface area (Å²) in [6.45, 7) is 3.82. The maximum absolute atomic E-state index is 12.0. The van der Waals surface area contributed by atoms with Gasteiger partial charge in [-0.25, -0.2) is 0 Å². The van der Waals surface area contributed by atoms with Crippen molar-refractivity contribution < 1.29 is 9.53 Å². The van der Waals surface area contributed by atoms with E-state index in [1.54, 1.807) is 12.1 Å². The number of rotatable bonds is 7. The van der Waals surface area contributed by atoms with Gasteiger partial charge in [-0.3, -0.25) is 9.69 Å². The van der Waals surface area contributed by atoms with Crippen LogP contribution in [-0.2, 0) is 17.9 Å². The zero-order chi connectivity index (χ0) is 18.4. The molecule has 1 fully saturated rings. The fourth-order valence-corrected chi connectivity index (χ4v) is 3.68. The Morgan fingerprint density at radius 3 is 2.50 bits per heavy atom. The van der Waals surface area contributed by atoms with Crippen molar-refractivity contribution in [1.29, 1.82) is 0 Å². The van der Waals surface area contributed by atoms with Gasteiger partial charge in [0.2, 0.25) is 0 Å². The molecule has 4 nitrogen and oxygen atoms in total. The lowest BCUT2D eigenvalue weighted by molar-refractivity contribution is -0.123. The normalized spacial score (nSPS) is 14.4. The molecule has 1 N–H and O–H groups in total. The molecule has 1 aliphatic rings. The molecule has 0 unspecified atom stereocenters. The van der Waals surface area contributed by atoms with Gasteiger partial charge in [-0.2, -0.15) is 0 Å². The van der Waals surface area contributed by atoms with Gasteiger partial charge in [0.15, 0.2) is 6.61 Å². The number of benzene rings is 2. The third-order valence-corrected chi connectivity index (χ3v) is 5.16. The van der Waals surface area contributed by atoms with Crippen LogP contribution in [0.4, 0.5) is 0 Å². The highest BCUT2D eigenvalue weighted by atomic mass is 79.9. The number of nitrogens with zero attached hydrogens (tertiary/aromatic N) is 1. The first-order chi connectivity index (χ1) is 12.6. The maximum atomic E-state index is 12.0. The first kappa shape index (κ1) is 19.2. The van der Waals surface area contributed by atoms with Gasteiger partial charge in [0.25, 0.3) is 5.91 Å². The molecule has 138 valence electrons. The first-order valence-corrected chi connectivity index (χ1v) is 9.92. The molecule has 0 aliphatic carbocycles. The van der Waals surface area contributed by atoms with Gasteiger partial charge < -0.3 is 10.1 Å². The molecular formula is C20H22BrClN2O2. The Morgan fingerprint density at radius 2 is 1.81 bits per heavy atom. The van der Waals surface area contributed by atoms with Crippen molar-refractivity contribution in [1.82, 2.24) is 10.2 Å². The Hall–Kier alpha value is -1.56. The highest BCUT2D eigenvalue weighted by Crippen LogP contribution is 2.27. The fraction of sp³-hybridized carbons (Fsp3) is 0.350. The van der Waals surface area contributed by atoms with Crippen molar-refractivity contribution in [3.63, 3.8) is 0 Å². The summed E-state index contributed by atoms with van der Waals surface area (Å²) in [6, 6.07) is 13.7. The van der Waals surface area contributed by atoms with Crippen LogP contribution in [0.25, 0.3) is 0 Å². The molecule has 6 heteroatoms. The summed E-state index contributed by atoms with van der Waals surface area (Å²) in [5.74, 6) is 0.321. The van der Waals surface area contributed by atoms with Crippen LogP contribution in [0, 0.1) is 0 Å². The Kier molecular flexibility index (Phi) is 6.94. The number of halogens is 2. The van der Waals surface area contributed by atoms with E-state index in [1.165, 1.54) is 31.5 Å². The number of ether oxygens (including phenoxy) is 1. The Labute approximate surface area is 167 Å². The van der Waals surface area contributed by atoms with Crippen LogP contribution in [-0.4, -0.2) is 30.5 Å². The molecule has 1 aliphatic heterocycles. The molecule has 1 saturated heterocycles. The van der Waals surface area contributed by atoms with Crippen LogP contribution in [0.3, 0.4) is 0 Å². The third-order valence-electron chi connectivity index (χ3n) is 4.37. The van der Waals surface area contributed by atoms with Gasteiger partial charge in [0.05, 0.1) is 5.02 Å². The molecule has 0 aromatic heterocycles. The molecule has 3 rings (SSSR count). The van der Waals surface area contributed by atoms with Crippen LogP contribution in [0.1, 0.15) is 24.0 Å². The minimum absolute atomic E-state index is 0.0611. The molecule has 26 heavy (non-hydrogen) atoms. The standard InChI is InChI=1S/C20H22BrClN2O2/c21-17-7-8-19(18(22)11-17)26-14-20(25)23-12-15-3-5-16(6-4-15)13-24-9-1-2-10-24/h3-8,11H,1-2,9-10,12-14H2,(H,23,25). The summed E-state index contributed by atoms with van der Waals surface area (Å²) in [5, 5.41) is 3.34. The van der Waals surface area contributed by atoms with E-state index in [4.69, 9.17) is 16.3 Å². The molecular weight excluding hydrogens is 416 g/mol. The van der Waals surface area contributed by atoms with E-state index >= 15 is 0 Å². The van der Waals surface area contributed by atoms with Crippen molar-refractivity contribution in [2.24, 2.45) is 0 Å². The van der Waals surface area contributed by atoms with E-state index in [-0.39, 0.29) is 12.5 Å². The quantitative estimate of drug-likeness (QED) is 0.698. The number of hydrogen-bond donors (Lipinski definition) is 1. The van der Waals surface area contributed by atoms with E-state index < -0.39 is 0 Å². The van der Waals surface area contributed by atoms with Gasteiger partial charge >= 0.3 is 0 Å². The number of carbonyl (C=O) groups excluding carboxylic acids is 1. The lowest BCUT2D eigenvalue weighted by atomic mass is 10.1. The van der Waals surface area contributed by atoms with Gasteiger partial charge in [-0.15, -0.1) is 0 Å². The second-order valence-electron chi connectivity index (χ2n) is 6.44. The number of carbonyl (C=O) groups is 1. The summed E-state index contributed by atoms with van der Waals surface area (Å²) in [5.41, 5.74) is 2.39. The number of hydrogen-bond acceptors (Lipinski definition) is 3. The molecule has 0 spiro atoms. The molecule has 0 radical (unpaired) electrons. The minimum atomic E-state index is -0.176. The van der Waals surface area contributed by atoms with E-state index in [0.29, 0.717) is 17.3 Å². The van der Waals surface area contributed by atoms with Crippen molar-refractivity contribution in [2.45, 2.75) is 25.9 Å². The lowest BCUT2D eigenvalue weighted by Crippen LogP contribution is -2.28. The Morgan fingerprint density at radius 1 is 1.12 bits per heavy atom. The fourth-order valence-electron chi connectivity index (χ4n) is 2.95. The summed E-state index contributed by atoms with van der Waals surface area (Å²) in [7, 11) is 0. The highest BCUT2D eigenvalue weighted by molar-refractivity contribution is 9.10. The minimum Gasteiger partial charge on any atom is -0.482 e. The van der Waals surface area contributed by atoms with Gasteiger partial charge in [0, 0.05) is 17.6 Å². The maximum Gasteiger partial charge on any atom is 0.258 e. The molecule has 2 aromatic carbocycles. The van der Waals surface area contributed by atoms with Crippen molar-refractivity contribution >= 4 is 33.4 Å². The lowest BCUT2D eigenvalue weighted by Gasteiger charge is -2.14. The molecule has 1 amide bonds. The largest absolute Gasteiger partial charge is 0.482 e. The van der Waals surface area contributed by atoms with Gasteiger partial charge in [-0.1, -0.05) is 51.8 Å². The van der Waals surface area contributed by atoms with Gasteiger partial charge in [-0.05, 0) is 55.3 Å². The summed E-state index contributed by atoms with van der Waals surface area (Å²) in [6.07, 6.45) is 2.61. The monoisotopic (exact) mass is 436 g/mol.